The zero-order chi connectivity index (χ0) is 49.7. The number of nitrogens with zero attached hydrogens (tertiary/aromatic N) is 2. The van der Waals surface area contributed by atoms with Crippen LogP contribution in [0.25, 0.3) is 0 Å². The molecule has 0 aliphatic carbocycles. The molecule has 2 heterocycles. The summed E-state index contributed by atoms with van der Waals surface area (Å²) in [6.07, 6.45) is 0.250. The SMILES string of the molecule is CCOP(=O)(CCN)OCC.CCOP(=O)(CCNS(=O)(=O)c1cccc(C2CN(C)Cc3c(Cl)cc(Cl)cc32)c1)OCC.CN1Cc2c(Cl)cc(Cl)cc2C(c2cccc(S(=O)(=O)Cl)c2)C1. The number of rotatable bonds is 18. The van der Waals surface area contributed by atoms with E-state index in [-0.39, 0.29) is 47.5 Å². The van der Waals surface area contributed by atoms with Crippen molar-refractivity contribution >= 4 is 91.4 Å². The van der Waals surface area contributed by atoms with Crippen LogP contribution in [0.2, 0.25) is 20.1 Å². The van der Waals surface area contributed by atoms with Gasteiger partial charge in [0.2, 0.25) is 10.0 Å². The van der Waals surface area contributed by atoms with E-state index in [0.29, 0.717) is 59.1 Å². The van der Waals surface area contributed by atoms with Gasteiger partial charge < -0.3 is 33.6 Å². The zero-order valence-electron chi connectivity index (χ0n) is 38.2. The minimum atomic E-state index is -3.83. The molecule has 4 aromatic carbocycles. The number of likely N-dealkylation sites (N-methyl/N-ethyl adjacent to an activating group) is 2. The van der Waals surface area contributed by atoms with Gasteiger partial charge in [-0.1, -0.05) is 70.7 Å². The summed E-state index contributed by atoms with van der Waals surface area (Å²) < 4.78 is 96.1. The van der Waals surface area contributed by atoms with Crippen molar-refractivity contribution in [2.45, 2.75) is 62.4 Å². The van der Waals surface area contributed by atoms with Crippen LogP contribution >= 0.6 is 72.3 Å². The lowest BCUT2D eigenvalue weighted by atomic mass is 9.85. The molecule has 4 aromatic rings. The van der Waals surface area contributed by atoms with E-state index in [1.54, 1.807) is 64.1 Å². The fraction of sp³-hybridized carbons (Fsp3) is 0.455. The minimum absolute atomic E-state index is 0.0154. The van der Waals surface area contributed by atoms with Crippen LogP contribution in [-0.4, -0.2) is 106 Å². The highest BCUT2D eigenvalue weighted by atomic mass is 35.7. The van der Waals surface area contributed by atoms with Crippen molar-refractivity contribution in [2.24, 2.45) is 5.73 Å². The standard InChI is InChI=1S/C22H29Cl2N2O5PS.C16H14Cl3NO2S.C6H16NO3P/c1-4-30-32(27,31-5-2)10-9-25-33(28,29)18-8-6-7-16(11-18)20-14-26(3)15-21-19(20)12-17(23)13-22(21)24;1-20-8-14(10-3-2-4-12(5-10)23(19,21)22)13-6-11(17)7-16(18)15(13)9-20;1-3-9-11(8,6-5-7)10-4-2/h6-8,11-13,20,25H,4-5,9-10,14-15H2,1-3H3;2-7,14H,8-9H2,1H3;3-7H2,1-2H3. The molecule has 3 N–H and O–H groups in total. The van der Waals surface area contributed by atoms with Crippen molar-refractivity contribution in [3.8, 4) is 0 Å². The van der Waals surface area contributed by atoms with Crippen molar-refractivity contribution in [3.63, 3.8) is 0 Å². The monoisotopic (exact) mass is 1100 g/mol. The van der Waals surface area contributed by atoms with Gasteiger partial charge in [-0.2, -0.15) is 0 Å². The van der Waals surface area contributed by atoms with E-state index in [9.17, 15) is 26.0 Å². The van der Waals surface area contributed by atoms with Crippen molar-refractivity contribution in [3.05, 3.63) is 126 Å². The van der Waals surface area contributed by atoms with E-state index in [4.69, 9.17) is 80.9 Å². The van der Waals surface area contributed by atoms with Crippen LogP contribution in [0.3, 0.4) is 0 Å². The fourth-order valence-electron chi connectivity index (χ4n) is 7.72. The molecular formula is C44H59Cl5N4O10P2S2. The molecular weight excluding hydrogens is 1050 g/mol. The van der Waals surface area contributed by atoms with Gasteiger partial charge in [-0.05, 0) is 124 Å². The molecule has 2 aliphatic heterocycles. The molecule has 0 saturated heterocycles. The molecule has 2 unspecified atom stereocenters. The van der Waals surface area contributed by atoms with Crippen molar-refractivity contribution in [2.75, 3.05) is 79.0 Å². The highest BCUT2D eigenvalue weighted by Gasteiger charge is 2.30. The molecule has 0 spiro atoms. The molecule has 0 aromatic heterocycles. The zero-order valence-corrected chi connectivity index (χ0v) is 45.4. The summed E-state index contributed by atoms with van der Waals surface area (Å²) in [6.45, 7) is 11.4. The third kappa shape index (κ3) is 16.7. The van der Waals surface area contributed by atoms with Crippen LogP contribution in [0.15, 0.2) is 82.6 Å². The average Bonchev–Trinajstić information content (AvgIpc) is 3.24. The highest BCUT2D eigenvalue weighted by molar-refractivity contribution is 8.13. The number of nitrogens with one attached hydrogen (secondary N) is 1. The molecule has 0 bridgehead atoms. The number of nitrogens with two attached hydrogens (primary N) is 1. The molecule has 6 rings (SSSR count). The minimum Gasteiger partial charge on any atom is -0.330 e. The van der Waals surface area contributed by atoms with Gasteiger partial charge in [0.25, 0.3) is 9.05 Å². The number of benzene rings is 4. The molecule has 2 atom stereocenters. The molecule has 67 heavy (non-hydrogen) atoms. The van der Waals surface area contributed by atoms with Gasteiger partial charge in [0.1, 0.15) is 0 Å². The van der Waals surface area contributed by atoms with Gasteiger partial charge in [0.05, 0.1) is 48.5 Å². The predicted octanol–water partition coefficient (Wildman–Crippen LogP) is 10.8. The van der Waals surface area contributed by atoms with Crippen LogP contribution in [0.5, 0.6) is 0 Å². The van der Waals surface area contributed by atoms with Crippen LogP contribution in [-0.2, 0) is 59.4 Å². The predicted molar refractivity (Wildman–Crippen MR) is 271 cm³/mol. The lowest BCUT2D eigenvalue weighted by molar-refractivity contribution is 0.219. The topological polar surface area (TPSA) is 184 Å². The molecule has 23 heteroatoms. The van der Waals surface area contributed by atoms with Gasteiger partial charge in [-0.3, -0.25) is 9.13 Å². The van der Waals surface area contributed by atoms with E-state index in [2.05, 4.69) is 14.5 Å². The van der Waals surface area contributed by atoms with Crippen LogP contribution in [0.4, 0.5) is 0 Å². The number of fused-ring (bicyclic) bond motifs is 2. The molecule has 372 valence electrons. The first-order chi connectivity index (χ1) is 31.5. The Morgan fingerprint density at radius 2 is 1.04 bits per heavy atom. The van der Waals surface area contributed by atoms with Gasteiger partial charge in [0.15, 0.2) is 0 Å². The first kappa shape index (κ1) is 57.9. The Bertz CT molecular complexity index is 2600. The molecule has 2 aliphatic rings. The molecule has 0 radical (unpaired) electrons. The Labute approximate surface area is 420 Å². The highest BCUT2D eigenvalue weighted by Crippen LogP contribution is 2.48. The summed E-state index contributed by atoms with van der Waals surface area (Å²) in [4.78, 5) is 4.52. The first-order valence-electron chi connectivity index (χ1n) is 21.5. The van der Waals surface area contributed by atoms with E-state index < -0.39 is 34.3 Å². The number of halogens is 5. The second-order valence-corrected chi connectivity index (χ2v) is 25.9. The van der Waals surface area contributed by atoms with Crippen molar-refractivity contribution in [1.29, 1.82) is 0 Å². The summed E-state index contributed by atoms with van der Waals surface area (Å²) in [5, 5.41) is 2.36. The number of hydrogen-bond acceptors (Lipinski definition) is 13. The molecule has 0 amide bonds. The molecule has 0 saturated carbocycles. The van der Waals surface area contributed by atoms with Crippen LogP contribution in [0.1, 0.15) is 72.9 Å². The van der Waals surface area contributed by atoms with Gasteiger partial charge in [-0.15, -0.1) is 0 Å². The maximum absolute atomic E-state index is 13.0. The largest absolute Gasteiger partial charge is 0.331 e. The van der Waals surface area contributed by atoms with Crippen molar-refractivity contribution in [1.82, 2.24) is 14.5 Å². The van der Waals surface area contributed by atoms with Crippen LogP contribution in [0, 0.1) is 0 Å². The molecule has 0 fully saturated rings. The van der Waals surface area contributed by atoms with E-state index in [0.717, 1.165) is 46.5 Å². The fourth-order valence-corrected chi connectivity index (χ4v) is 13.8. The lowest BCUT2D eigenvalue weighted by Gasteiger charge is -2.33. The van der Waals surface area contributed by atoms with E-state index >= 15 is 0 Å². The Morgan fingerprint density at radius 3 is 1.45 bits per heavy atom. The summed E-state index contributed by atoms with van der Waals surface area (Å²) in [5.41, 5.74) is 11.0. The summed E-state index contributed by atoms with van der Waals surface area (Å²) >= 11 is 25.2. The maximum atomic E-state index is 13.0. The maximum Gasteiger partial charge on any atom is 0.331 e. The summed E-state index contributed by atoms with van der Waals surface area (Å²) in [6, 6.07) is 20.8. The third-order valence-electron chi connectivity index (χ3n) is 10.5. The van der Waals surface area contributed by atoms with Gasteiger partial charge in [0, 0.05) is 81.9 Å². The number of hydrogen-bond donors (Lipinski definition) is 2. The smallest absolute Gasteiger partial charge is 0.330 e. The third-order valence-corrected chi connectivity index (χ3v) is 18.6. The van der Waals surface area contributed by atoms with Crippen LogP contribution < -0.4 is 10.5 Å². The Balaban J connectivity index is 0.000000249. The van der Waals surface area contributed by atoms with E-state index in [1.165, 1.54) is 12.1 Å². The second kappa shape index (κ2) is 26.2. The summed E-state index contributed by atoms with van der Waals surface area (Å²) in [5.74, 6) is -0.0976. The second-order valence-electron chi connectivity index (χ2n) is 15.5. The quantitative estimate of drug-likeness (QED) is 0.0709. The Morgan fingerprint density at radius 1 is 0.642 bits per heavy atom. The number of sulfonamides is 1. The summed E-state index contributed by atoms with van der Waals surface area (Å²) in [7, 11) is -4.31. The van der Waals surface area contributed by atoms with Crippen molar-refractivity contribution < 1.29 is 44.1 Å². The average molecular weight is 1110 g/mol. The normalized spacial score (nSPS) is 16.8. The Kier molecular flexibility index (Phi) is 22.6. The first-order valence-corrected chi connectivity index (χ1v) is 30.2. The van der Waals surface area contributed by atoms with E-state index in [1.807, 2.05) is 38.4 Å². The molecule has 14 nitrogen and oxygen atoms in total. The Hall–Kier alpha value is -1.63. The van der Waals surface area contributed by atoms with Gasteiger partial charge in [-0.25, -0.2) is 21.6 Å². The van der Waals surface area contributed by atoms with Gasteiger partial charge >= 0.3 is 15.2 Å². The lowest BCUT2D eigenvalue weighted by Crippen LogP contribution is -2.31.